The molecule has 5 rings (SSSR count). The molecule has 2 aromatic carbocycles. The highest BCUT2D eigenvalue weighted by molar-refractivity contribution is 5.93. The van der Waals surface area contributed by atoms with Crippen LogP contribution in [0.3, 0.4) is 0 Å². The fourth-order valence-corrected chi connectivity index (χ4v) is 3.86. The third-order valence-electron chi connectivity index (χ3n) is 5.35. The summed E-state index contributed by atoms with van der Waals surface area (Å²) in [6, 6.07) is 23.1. The minimum Gasteiger partial charge on any atom is -0.457 e. The lowest BCUT2D eigenvalue weighted by Crippen LogP contribution is -2.28. The summed E-state index contributed by atoms with van der Waals surface area (Å²) in [7, 11) is 0. The number of aromatic nitrogens is 2. The molecule has 1 N–H and O–H groups in total. The maximum absolute atomic E-state index is 12.8. The van der Waals surface area contributed by atoms with Gasteiger partial charge in [0.25, 0.3) is 0 Å². The van der Waals surface area contributed by atoms with E-state index in [2.05, 4.69) is 9.72 Å². The quantitative estimate of drug-likeness (QED) is 0.547. The number of ether oxygens (including phenoxy) is 1. The molecular formula is C24H21N3O2. The summed E-state index contributed by atoms with van der Waals surface area (Å²) in [5.74, 6) is 1.53. The number of anilines is 1. The number of pyridine rings is 1. The average molecular weight is 383 g/mol. The molecule has 2 heterocycles. The molecule has 1 atom stereocenters. The Morgan fingerprint density at radius 2 is 1.72 bits per heavy atom. The summed E-state index contributed by atoms with van der Waals surface area (Å²) in [6.45, 7) is 0. The summed E-state index contributed by atoms with van der Waals surface area (Å²) in [4.78, 5) is 17.5. The molecular weight excluding hydrogens is 362 g/mol. The van der Waals surface area contributed by atoms with Gasteiger partial charge in [0.05, 0.1) is 5.69 Å². The number of nitrogens with zero attached hydrogens (tertiary/aromatic N) is 2. The Bertz CT molecular complexity index is 1150. The fraction of sp³-hybridized carbons (Fsp3) is 0.167. The van der Waals surface area contributed by atoms with Gasteiger partial charge < -0.3 is 14.5 Å². The molecule has 0 saturated carbocycles. The SMILES string of the molecule is O=C(Nc1ccc(Oc2ccccc2)cc1)C1CCc2nc3ccccn3c2C1. The van der Waals surface area contributed by atoms with E-state index in [4.69, 9.17) is 9.72 Å². The maximum atomic E-state index is 12.8. The summed E-state index contributed by atoms with van der Waals surface area (Å²) in [5, 5.41) is 3.05. The third-order valence-corrected chi connectivity index (χ3v) is 5.35. The molecule has 0 bridgehead atoms. The lowest BCUT2D eigenvalue weighted by molar-refractivity contribution is -0.120. The van der Waals surface area contributed by atoms with Gasteiger partial charge in [-0.05, 0) is 61.4 Å². The molecule has 5 nitrogen and oxygen atoms in total. The largest absolute Gasteiger partial charge is 0.457 e. The number of imidazole rings is 1. The first-order chi connectivity index (χ1) is 14.3. The van der Waals surface area contributed by atoms with Crippen molar-refractivity contribution >= 4 is 17.2 Å². The molecule has 2 aromatic heterocycles. The highest BCUT2D eigenvalue weighted by Crippen LogP contribution is 2.28. The van der Waals surface area contributed by atoms with Crippen LogP contribution >= 0.6 is 0 Å². The Hall–Kier alpha value is -3.60. The predicted octanol–water partition coefficient (Wildman–Crippen LogP) is 4.87. The second kappa shape index (κ2) is 7.43. The van der Waals surface area contributed by atoms with E-state index in [9.17, 15) is 4.79 Å². The van der Waals surface area contributed by atoms with Crippen molar-refractivity contribution in [2.75, 3.05) is 5.32 Å². The van der Waals surface area contributed by atoms with Gasteiger partial charge in [-0.2, -0.15) is 0 Å². The maximum Gasteiger partial charge on any atom is 0.227 e. The van der Waals surface area contributed by atoms with Crippen LogP contribution in [0.2, 0.25) is 0 Å². The summed E-state index contributed by atoms with van der Waals surface area (Å²) in [6.07, 6.45) is 4.38. The van der Waals surface area contributed by atoms with E-state index in [0.717, 1.165) is 47.1 Å². The minimum absolute atomic E-state index is 0.0529. The van der Waals surface area contributed by atoms with Gasteiger partial charge in [0.2, 0.25) is 5.91 Å². The average Bonchev–Trinajstić information content (AvgIpc) is 3.14. The van der Waals surface area contributed by atoms with E-state index < -0.39 is 0 Å². The number of carbonyl (C=O) groups is 1. The highest BCUT2D eigenvalue weighted by atomic mass is 16.5. The molecule has 1 unspecified atom stereocenters. The first-order valence-electron chi connectivity index (χ1n) is 9.85. The Morgan fingerprint density at radius 1 is 0.966 bits per heavy atom. The zero-order chi connectivity index (χ0) is 19.6. The molecule has 1 aliphatic carbocycles. The fourth-order valence-electron chi connectivity index (χ4n) is 3.86. The van der Waals surface area contributed by atoms with Gasteiger partial charge in [-0.15, -0.1) is 0 Å². The number of rotatable bonds is 4. The second-order valence-electron chi connectivity index (χ2n) is 7.30. The summed E-state index contributed by atoms with van der Waals surface area (Å²) >= 11 is 0. The Labute approximate surface area is 169 Å². The smallest absolute Gasteiger partial charge is 0.227 e. The van der Waals surface area contributed by atoms with Crippen LogP contribution in [0.5, 0.6) is 11.5 Å². The second-order valence-corrected chi connectivity index (χ2v) is 7.30. The van der Waals surface area contributed by atoms with Crippen LogP contribution in [0.4, 0.5) is 5.69 Å². The summed E-state index contributed by atoms with van der Waals surface area (Å²) < 4.78 is 7.90. The van der Waals surface area contributed by atoms with Crippen LogP contribution in [0, 0.1) is 5.92 Å². The molecule has 0 fully saturated rings. The highest BCUT2D eigenvalue weighted by Gasteiger charge is 2.28. The summed E-state index contributed by atoms with van der Waals surface area (Å²) in [5.41, 5.74) is 3.99. The molecule has 29 heavy (non-hydrogen) atoms. The van der Waals surface area contributed by atoms with E-state index in [1.165, 1.54) is 0 Å². The zero-order valence-electron chi connectivity index (χ0n) is 15.9. The number of hydrogen-bond acceptors (Lipinski definition) is 3. The van der Waals surface area contributed by atoms with Crippen LogP contribution in [0.1, 0.15) is 17.8 Å². The molecule has 1 amide bonds. The van der Waals surface area contributed by atoms with Crippen molar-refractivity contribution in [3.05, 3.63) is 90.4 Å². The Kier molecular flexibility index (Phi) is 4.48. The number of fused-ring (bicyclic) bond motifs is 3. The van der Waals surface area contributed by atoms with Crippen LogP contribution in [-0.2, 0) is 17.6 Å². The zero-order valence-corrected chi connectivity index (χ0v) is 15.9. The van der Waals surface area contributed by atoms with Gasteiger partial charge in [0.15, 0.2) is 0 Å². The van der Waals surface area contributed by atoms with Crippen molar-refractivity contribution in [2.24, 2.45) is 5.92 Å². The van der Waals surface area contributed by atoms with E-state index in [1.807, 2.05) is 79.0 Å². The molecule has 144 valence electrons. The number of aryl methyl sites for hydroxylation is 1. The Balaban J connectivity index is 1.26. The van der Waals surface area contributed by atoms with Crippen molar-refractivity contribution in [3.63, 3.8) is 0 Å². The number of hydrogen-bond donors (Lipinski definition) is 1. The normalized spacial score (nSPS) is 15.7. The molecule has 0 saturated heterocycles. The molecule has 1 aliphatic rings. The first-order valence-corrected chi connectivity index (χ1v) is 9.85. The van der Waals surface area contributed by atoms with Gasteiger partial charge in [0, 0.05) is 29.9 Å². The van der Waals surface area contributed by atoms with Crippen LogP contribution in [0.25, 0.3) is 5.65 Å². The van der Waals surface area contributed by atoms with Gasteiger partial charge in [-0.3, -0.25) is 4.79 Å². The number of carbonyl (C=O) groups excluding carboxylic acids is 1. The Morgan fingerprint density at radius 3 is 2.55 bits per heavy atom. The van der Waals surface area contributed by atoms with E-state index in [0.29, 0.717) is 6.42 Å². The van der Waals surface area contributed by atoms with Crippen LogP contribution in [0.15, 0.2) is 79.0 Å². The minimum atomic E-state index is -0.0529. The number of para-hydroxylation sites is 1. The molecule has 0 spiro atoms. The van der Waals surface area contributed by atoms with Crippen molar-refractivity contribution in [1.29, 1.82) is 0 Å². The lowest BCUT2D eigenvalue weighted by atomic mass is 9.89. The third kappa shape index (κ3) is 3.59. The van der Waals surface area contributed by atoms with Gasteiger partial charge in [-0.25, -0.2) is 4.98 Å². The standard InChI is InChI=1S/C24H21N3O2/c28-24(17-9-14-21-22(16-17)27-15-5-4-8-23(27)26-21)25-18-10-12-20(13-11-18)29-19-6-2-1-3-7-19/h1-8,10-13,15,17H,9,14,16H2,(H,25,28). The van der Waals surface area contributed by atoms with Crippen molar-refractivity contribution in [2.45, 2.75) is 19.3 Å². The number of amides is 1. The first kappa shape index (κ1) is 17.5. The lowest BCUT2D eigenvalue weighted by Gasteiger charge is -2.21. The van der Waals surface area contributed by atoms with Gasteiger partial charge >= 0.3 is 0 Å². The van der Waals surface area contributed by atoms with Gasteiger partial charge in [-0.1, -0.05) is 24.3 Å². The van der Waals surface area contributed by atoms with E-state index in [-0.39, 0.29) is 11.8 Å². The van der Waals surface area contributed by atoms with Gasteiger partial charge in [0.1, 0.15) is 17.1 Å². The monoisotopic (exact) mass is 383 g/mol. The van der Waals surface area contributed by atoms with Crippen molar-refractivity contribution in [3.8, 4) is 11.5 Å². The number of nitrogens with one attached hydrogen (secondary N) is 1. The van der Waals surface area contributed by atoms with E-state index >= 15 is 0 Å². The number of benzene rings is 2. The molecule has 5 heteroatoms. The van der Waals surface area contributed by atoms with Crippen molar-refractivity contribution < 1.29 is 9.53 Å². The van der Waals surface area contributed by atoms with Crippen molar-refractivity contribution in [1.82, 2.24) is 9.38 Å². The van der Waals surface area contributed by atoms with E-state index in [1.54, 1.807) is 0 Å². The topological polar surface area (TPSA) is 55.6 Å². The predicted molar refractivity (Wildman–Crippen MR) is 112 cm³/mol. The molecule has 4 aromatic rings. The molecule has 0 aliphatic heterocycles. The van der Waals surface area contributed by atoms with Crippen LogP contribution < -0.4 is 10.1 Å². The molecule has 0 radical (unpaired) electrons. The van der Waals surface area contributed by atoms with Crippen LogP contribution in [-0.4, -0.2) is 15.3 Å².